The van der Waals surface area contributed by atoms with Gasteiger partial charge in [-0.15, -0.1) is 0 Å². The molecule has 0 N–H and O–H groups in total. The van der Waals surface area contributed by atoms with E-state index in [1.807, 2.05) is 0 Å². The van der Waals surface area contributed by atoms with Crippen LogP contribution in [-0.2, 0) is 17.7 Å². The summed E-state index contributed by atoms with van der Waals surface area (Å²) in [5, 5.41) is 0. The molecule has 4 nitrogen and oxygen atoms in total. The minimum atomic E-state index is -2.16. The summed E-state index contributed by atoms with van der Waals surface area (Å²) < 4.78 is 26.3. The fourth-order valence-electron chi connectivity index (χ4n) is 3.91. The Labute approximate surface area is 197 Å². The Bertz CT molecular complexity index is 329. The minimum absolute atomic E-state index is 0.854. The largest absolute Gasteiger partial charge is 0.394 e. The third-order valence-corrected chi connectivity index (χ3v) is 13.5. The van der Waals surface area contributed by atoms with Gasteiger partial charge in [-0.3, -0.25) is 0 Å². The van der Waals surface area contributed by atoms with Gasteiger partial charge in [0.2, 0.25) is 0 Å². The van der Waals surface area contributed by atoms with Crippen LogP contribution in [0.15, 0.2) is 0 Å². The third kappa shape index (κ3) is 14.9. The molecule has 188 valence electrons. The predicted molar refractivity (Wildman–Crippen MR) is 139 cm³/mol. The molecule has 0 aliphatic rings. The Hall–Kier alpha value is 0.274. The summed E-state index contributed by atoms with van der Waals surface area (Å²) in [6.45, 7) is 16.9. The van der Waals surface area contributed by atoms with E-state index in [2.05, 4.69) is 41.5 Å². The van der Waals surface area contributed by atoms with Gasteiger partial charge in [0.1, 0.15) is 0 Å². The van der Waals surface area contributed by atoms with Crippen LogP contribution >= 0.6 is 0 Å². The number of unbranched alkanes of at least 4 members (excludes halogenated alkanes) is 4. The second-order valence-electron chi connectivity index (χ2n) is 8.98. The van der Waals surface area contributed by atoms with Crippen LogP contribution in [0.25, 0.3) is 0 Å². The molecule has 0 bridgehead atoms. The second-order valence-corrected chi connectivity index (χ2v) is 15.8. The van der Waals surface area contributed by atoms with E-state index in [1.165, 1.54) is 25.7 Å². The highest BCUT2D eigenvalue weighted by atomic mass is 28.4. The molecule has 0 atom stereocenters. The molecule has 0 aromatic heterocycles. The van der Waals surface area contributed by atoms with Gasteiger partial charge in [-0.25, -0.2) is 0 Å². The van der Waals surface area contributed by atoms with Crippen molar-refractivity contribution in [1.29, 1.82) is 0 Å². The van der Waals surface area contributed by atoms with Gasteiger partial charge in [0.25, 0.3) is 0 Å². The van der Waals surface area contributed by atoms with E-state index in [0.717, 1.165) is 95.5 Å². The first-order valence-corrected chi connectivity index (χ1v) is 18.1. The first-order valence-electron chi connectivity index (χ1n) is 13.6. The lowest BCUT2D eigenvalue weighted by Crippen LogP contribution is -2.45. The normalized spacial score (nSPS) is 12.6. The lowest BCUT2D eigenvalue weighted by Gasteiger charge is -2.34. The number of hydrogen-bond acceptors (Lipinski definition) is 4. The fraction of sp³-hybridized carbons (Fsp3) is 1.00. The van der Waals surface area contributed by atoms with Crippen molar-refractivity contribution in [1.82, 2.24) is 0 Å². The summed E-state index contributed by atoms with van der Waals surface area (Å²) in [4.78, 5) is 0. The summed E-state index contributed by atoms with van der Waals surface area (Å²) in [6, 6.07) is 4.38. The molecule has 0 spiro atoms. The molecule has 0 aromatic carbocycles. The first kappa shape index (κ1) is 31.3. The summed E-state index contributed by atoms with van der Waals surface area (Å²) in [5.41, 5.74) is 0. The summed E-state index contributed by atoms with van der Waals surface area (Å²) >= 11 is 0. The molecule has 0 heterocycles. The maximum atomic E-state index is 6.58. The van der Waals surface area contributed by atoms with Crippen LogP contribution < -0.4 is 0 Å². The highest BCUT2D eigenvalue weighted by Crippen LogP contribution is 2.30. The minimum Gasteiger partial charge on any atom is -0.394 e. The van der Waals surface area contributed by atoms with Crippen molar-refractivity contribution < 1.29 is 17.7 Å². The van der Waals surface area contributed by atoms with Crippen molar-refractivity contribution in [3.8, 4) is 0 Å². The van der Waals surface area contributed by atoms with E-state index >= 15 is 0 Å². The zero-order valence-electron chi connectivity index (χ0n) is 22.1. The smallest absolute Gasteiger partial charge is 0.338 e. The van der Waals surface area contributed by atoms with Gasteiger partial charge in [0.05, 0.1) is 0 Å². The molecule has 0 amide bonds. The van der Waals surface area contributed by atoms with Gasteiger partial charge < -0.3 is 17.7 Å². The average Bonchev–Trinajstić information content (AvgIpc) is 2.75. The molecule has 0 unspecified atom stereocenters. The maximum absolute atomic E-state index is 6.58. The van der Waals surface area contributed by atoms with E-state index in [4.69, 9.17) is 17.7 Å². The average molecular weight is 477 g/mol. The first-order chi connectivity index (χ1) is 15.1. The Morgan fingerprint density at radius 3 is 0.871 bits per heavy atom. The molecule has 31 heavy (non-hydrogen) atoms. The molecular weight excluding hydrogens is 420 g/mol. The van der Waals surface area contributed by atoms with Crippen LogP contribution in [0.2, 0.25) is 24.2 Å². The summed E-state index contributed by atoms with van der Waals surface area (Å²) in [7, 11) is -4.32. The summed E-state index contributed by atoms with van der Waals surface area (Å²) in [5.74, 6) is 0. The van der Waals surface area contributed by atoms with E-state index in [0.29, 0.717) is 0 Å². The molecule has 6 heteroatoms. The van der Waals surface area contributed by atoms with Crippen molar-refractivity contribution in [2.45, 2.75) is 136 Å². The van der Waals surface area contributed by atoms with Crippen LogP contribution in [0.1, 0.15) is 112 Å². The SMILES string of the molecule is CCCCO[Si](CCC)(CCC[Si](CCC)(OCCCC)OCCCC)OCCCC. The monoisotopic (exact) mass is 476 g/mol. The van der Waals surface area contributed by atoms with Crippen LogP contribution in [0.4, 0.5) is 0 Å². The highest BCUT2D eigenvalue weighted by molar-refractivity contribution is 6.69. The molecular formula is C25H56O4Si2. The molecule has 0 saturated heterocycles. The van der Waals surface area contributed by atoms with E-state index < -0.39 is 17.1 Å². The van der Waals surface area contributed by atoms with E-state index in [-0.39, 0.29) is 0 Å². The van der Waals surface area contributed by atoms with Crippen LogP contribution in [-0.4, -0.2) is 43.5 Å². The number of rotatable bonds is 24. The quantitative estimate of drug-likeness (QED) is 0.104. The summed E-state index contributed by atoms with van der Waals surface area (Å²) in [6.07, 6.45) is 12.6. The predicted octanol–water partition coefficient (Wildman–Crippen LogP) is 8.35. The van der Waals surface area contributed by atoms with Crippen molar-refractivity contribution in [3.63, 3.8) is 0 Å². The Balaban J connectivity index is 5.21. The van der Waals surface area contributed by atoms with Gasteiger partial charge in [-0.1, -0.05) is 80.1 Å². The zero-order valence-corrected chi connectivity index (χ0v) is 24.1. The topological polar surface area (TPSA) is 36.9 Å². The lowest BCUT2D eigenvalue weighted by molar-refractivity contribution is 0.156. The molecule has 0 aliphatic carbocycles. The fourth-order valence-corrected chi connectivity index (χ4v) is 11.1. The number of hydrogen-bond donors (Lipinski definition) is 0. The van der Waals surface area contributed by atoms with Gasteiger partial charge in [0.15, 0.2) is 0 Å². The molecule has 0 saturated carbocycles. The van der Waals surface area contributed by atoms with Crippen molar-refractivity contribution in [3.05, 3.63) is 0 Å². The second kappa shape index (κ2) is 20.9. The van der Waals surface area contributed by atoms with Gasteiger partial charge in [0, 0.05) is 26.4 Å². The van der Waals surface area contributed by atoms with E-state index in [9.17, 15) is 0 Å². The Morgan fingerprint density at radius 2 is 0.645 bits per heavy atom. The Kier molecular flexibility index (Phi) is 21.0. The lowest BCUT2D eigenvalue weighted by atomic mass is 10.4. The van der Waals surface area contributed by atoms with Crippen molar-refractivity contribution in [2.75, 3.05) is 26.4 Å². The maximum Gasteiger partial charge on any atom is 0.338 e. The molecule has 0 rings (SSSR count). The van der Waals surface area contributed by atoms with Crippen LogP contribution in [0, 0.1) is 0 Å². The highest BCUT2D eigenvalue weighted by Gasteiger charge is 2.40. The van der Waals surface area contributed by atoms with Crippen LogP contribution in [0.5, 0.6) is 0 Å². The van der Waals surface area contributed by atoms with Gasteiger partial charge in [-0.05, 0) is 56.3 Å². The van der Waals surface area contributed by atoms with Crippen LogP contribution in [0.3, 0.4) is 0 Å². The van der Waals surface area contributed by atoms with Crippen molar-refractivity contribution >= 4 is 17.1 Å². The Morgan fingerprint density at radius 1 is 0.355 bits per heavy atom. The standard InChI is InChI=1S/C25H56O4Si2/c1-7-13-18-26-30(22-11-5,27-19-14-8-2)24-17-25-31(23-12-6,28-20-15-9-3)29-21-16-10-4/h7-25H2,1-6H3. The van der Waals surface area contributed by atoms with Crippen molar-refractivity contribution in [2.24, 2.45) is 0 Å². The molecule has 0 aromatic rings. The van der Waals surface area contributed by atoms with Gasteiger partial charge in [-0.2, -0.15) is 0 Å². The molecule has 0 radical (unpaired) electrons. The van der Waals surface area contributed by atoms with E-state index in [1.54, 1.807) is 0 Å². The third-order valence-electron chi connectivity index (χ3n) is 5.83. The van der Waals surface area contributed by atoms with Gasteiger partial charge >= 0.3 is 17.1 Å². The molecule has 0 fully saturated rings. The zero-order chi connectivity index (χ0) is 23.3. The molecule has 0 aliphatic heterocycles.